The zero-order valence-electron chi connectivity index (χ0n) is 13.8. The van der Waals surface area contributed by atoms with Gasteiger partial charge in [-0.15, -0.1) is 0 Å². The Morgan fingerprint density at radius 1 is 1.05 bits per heavy atom. The summed E-state index contributed by atoms with van der Waals surface area (Å²) in [7, 11) is 1.36. The predicted molar refractivity (Wildman–Crippen MR) is 88.3 cm³/mol. The fourth-order valence-corrected chi connectivity index (χ4v) is 1.75. The molecule has 1 aromatic rings. The lowest BCUT2D eigenvalue weighted by Gasteiger charge is -2.13. The molecule has 0 unspecified atom stereocenters. The summed E-state index contributed by atoms with van der Waals surface area (Å²) in [4.78, 5) is 11.2. The lowest BCUT2D eigenvalue weighted by atomic mass is 10.2. The zero-order valence-corrected chi connectivity index (χ0v) is 13.8. The molecule has 0 fully saturated rings. The number of hydrogen-bond acceptors (Lipinski definition) is 4. The normalized spacial score (nSPS) is 10.7. The molecule has 0 atom stereocenters. The maximum absolute atomic E-state index is 11.2. The van der Waals surface area contributed by atoms with Gasteiger partial charge < -0.3 is 14.2 Å². The van der Waals surface area contributed by atoms with Gasteiger partial charge in [0.15, 0.2) is 11.5 Å². The summed E-state index contributed by atoms with van der Waals surface area (Å²) in [6, 6.07) is 5.66. The molecule has 1 aromatic carbocycles. The van der Waals surface area contributed by atoms with Gasteiger partial charge in [-0.3, -0.25) is 0 Å². The molecule has 0 amide bonds. The number of rotatable bonds is 10. The molecule has 0 N–H and O–H groups in total. The molecule has 0 bridgehead atoms. The van der Waals surface area contributed by atoms with Crippen molar-refractivity contribution in [2.24, 2.45) is 0 Å². The van der Waals surface area contributed by atoms with Gasteiger partial charge >= 0.3 is 5.97 Å². The van der Waals surface area contributed by atoms with E-state index in [-0.39, 0.29) is 5.97 Å². The molecule has 1 rings (SSSR count). The molecular weight excluding hydrogens is 280 g/mol. The monoisotopic (exact) mass is 306 g/mol. The molecule has 4 nitrogen and oxygen atoms in total. The van der Waals surface area contributed by atoms with Crippen LogP contribution in [0.5, 0.6) is 11.5 Å². The van der Waals surface area contributed by atoms with E-state index in [0.717, 1.165) is 42.7 Å². The van der Waals surface area contributed by atoms with E-state index in [0.29, 0.717) is 13.2 Å². The first kappa shape index (κ1) is 18.1. The Bertz CT molecular complexity index is 480. The van der Waals surface area contributed by atoms with Gasteiger partial charge in [0.1, 0.15) is 0 Å². The van der Waals surface area contributed by atoms with Crippen LogP contribution in [0.4, 0.5) is 0 Å². The van der Waals surface area contributed by atoms with E-state index in [4.69, 9.17) is 9.47 Å². The van der Waals surface area contributed by atoms with Gasteiger partial charge in [-0.05, 0) is 36.6 Å². The Morgan fingerprint density at radius 3 is 2.27 bits per heavy atom. The van der Waals surface area contributed by atoms with Gasteiger partial charge in [0.2, 0.25) is 0 Å². The minimum atomic E-state index is -0.378. The summed E-state index contributed by atoms with van der Waals surface area (Å²) in [5.74, 6) is 1.09. The first-order valence-electron chi connectivity index (χ1n) is 7.87. The van der Waals surface area contributed by atoms with E-state index in [1.165, 1.54) is 13.2 Å². The summed E-state index contributed by atoms with van der Waals surface area (Å²) in [6.07, 6.45) is 7.27. The third-order valence-corrected chi connectivity index (χ3v) is 3.09. The lowest BCUT2D eigenvalue weighted by Crippen LogP contribution is -2.02. The van der Waals surface area contributed by atoms with Crippen molar-refractivity contribution in [2.45, 2.75) is 39.5 Å². The number of hydrogen-bond donors (Lipinski definition) is 0. The lowest BCUT2D eigenvalue weighted by molar-refractivity contribution is -0.134. The van der Waals surface area contributed by atoms with E-state index in [1.807, 2.05) is 18.2 Å². The van der Waals surface area contributed by atoms with Crippen molar-refractivity contribution in [1.29, 1.82) is 0 Å². The van der Waals surface area contributed by atoms with Crippen LogP contribution >= 0.6 is 0 Å². The average Bonchev–Trinajstić information content (AvgIpc) is 2.54. The van der Waals surface area contributed by atoms with Crippen LogP contribution < -0.4 is 9.47 Å². The zero-order chi connectivity index (χ0) is 16.2. The summed E-state index contributed by atoms with van der Waals surface area (Å²) in [6.45, 7) is 5.59. The summed E-state index contributed by atoms with van der Waals surface area (Å²) >= 11 is 0. The Kier molecular flexibility index (Phi) is 8.80. The number of carbonyl (C=O) groups excluding carboxylic acids is 1. The van der Waals surface area contributed by atoms with Crippen LogP contribution in [0.2, 0.25) is 0 Å². The van der Waals surface area contributed by atoms with Crippen LogP contribution in [0, 0.1) is 0 Å². The summed E-state index contributed by atoms with van der Waals surface area (Å²) in [5.41, 5.74) is 0.875. The van der Waals surface area contributed by atoms with E-state index in [1.54, 1.807) is 6.08 Å². The second kappa shape index (κ2) is 10.7. The van der Waals surface area contributed by atoms with Crippen molar-refractivity contribution in [2.75, 3.05) is 20.3 Å². The fraction of sp³-hybridized carbons (Fsp3) is 0.500. The van der Waals surface area contributed by atoms with Crippen LogP contribution in [0.1, 0.15) is 45.1 Å². The molecule has 0 radical (unpaired) electrons. The average molecular weight is 306 g/mol. The minimum absolute atomic E-state index is 0.378. The van der Waals surface area contributed by atoms with Gasteiger partial charge in [-0.1, -0.05) is 32.8 Å². The second-order valence-electron chi connectivity index (χ2n) is 4.97. The highest BCUT2D eigenvalue weighted by molar-refractivity contribution is 5.87. The van der Waals surface area contributed by atoms with Gasteiger partial charge in [-0.2, -0.15) is 0 Å². The number of unbranched alkanes of at least 4 members (excludes halogenated alkanes) is 2. The van der Waals surface area contributed by atoms with Crippen molar-refractivity contribution in [3.63, 3.8) is 0 Å². The molecule has 0 saturated carbocycles. The van der Waals surface area contributed by atoms with Gasteiger partial charge in [0.05, 0.1) is 20.3 Å². The van der Waals surface area contributed by atoms with Crippen LogP contribution in [0.15, 0.2) is 24.3 Å². The number of esters is 1. The first-order chi connectivity index (χ1) is 10.7. The molecule has 22 heavy (non-hydrogen) atoms. The predicted octanol–water partition coefficient (Wildman–Crippen LogP) is 4.23. The van der Waals surface area contributed by atoms with E-state index in [9.17, 15) is 4.79 Å². The highest BCUT2D eigenvalue weighted by Crippen LogP contribution is 2.29. The molecule has 122 valence electrons. The van der Waals surface area contributed by atoms with Crippen LogP contribution in [0.25, 0.3) is 6.08 Å². The highest BCUT2D eigenvalue weighted by atomic mass is 16.5. The Labute approximate surface area is 133 Å². The quantitative estimate of drug-likeness (QED) is 0.368. The molecule has 0 aliphatic heterocycles. The van der Waals surface area contributed by atoms with Crippen molar-refractivity contribution >= 4 is 12.0 Å². The van der Waals surface area contributed by atoms with Crippen LogP contribution in [0.3, 0.4) is 0 Å². The third-order valence-electron chi connectivity index (χ3n) is 3.09. The number of ether oxygens (including phenoxy) is 3. The van der Waals surface area contributed by atoms with Crippen LogP contribution in [-0.2, 0) is 9.53 Å². The second-order valence-corrected chi connectivity index (χ2v) is 4.97. The Morgan fingerprint density at radius 2 is 1.68 bits per heavy atom. The molecule has 0 saturated heterocycles. The molecule has 0 heterocycles. The molecule has 0 aromatic heterocycles. The molecule has 0 aliphatic rings. The highest BCUT2D eigenvalue weighted by Gasteiger charge is 2.06. The van der Waals surface area contributed by atoms with Crippen molar-refractivity contribution in [3.8, 4) is 11.5 Å². The number of benzene rings is 1. The molecule has 0 spiro atoms. The topological polar surface area (TPSA) is 44.8 Å². The molecular formula is C18H26O4. The smallest absolute Gasteiger partial charge is 0.330 e. The van der Waals surface area contributed by atoms with E-state index < -0.39 is 0 Å². The maximum atomic E-state index is 11.2. The Hall–Kier alpha value is -1.97. The standard InChI is InChI=1S/C18H26O4/c1-4-6-12-21-16-10-8-15(9-11-18(19)20-3)14-17(16)22-13-7-5-2/h8-11,14H,4-7,12-13H2,1-3H3/b11-9+. The van der Waals surface area contributed by atoms with Crippen molar-refractivity contribution in [1.82, 2.24) is 0 Å². The van der Waals surface area contributed by atoms with E-state index >= 15 is 0 Å². The fourth-order valence-electron chi connectivity index (χ4n) is 1.75. The molecule has 0 aliphatic carbocycles. The van der Waals surface area contributed by atoms with Crippen molar-refractivity contribution in [3.05, 3.63) is 29.8 Å². The number of methoxy groups -OCH3 is 1. The van der Waals surface area contributed by atoms with Crippen LogP contribution in [-0.4, -0.2) is 26.3 Å². The first-order valence-corrected chi connectivity index (χ1v) is 7.87. The maximum Gasteiger partial charge on any atom is 0.330 e. The molecule has 4 heteroatoms. The SMILES string of the molecule is CCCCOc1ccc(/C=C/C(=O)OC)cc1OCCCC. The Balaban J connectivity index is 2.82. The van der Waals surface area contributed by atoms with Gasteiger partial charge in [0, 0.05) is 6.08 Å². The summed E-state index contributed by atoms with van der Waals surface area (Å²) in [5, 5.41) is 0. The third kappa shape index (κ3) is 6.66. The van der Waals surface area contributed by atoms with Gasteiger partial charge in [-0.25, -0.2) is 4.79 Å². The number of carbonyl (C=O) groups is 1. The van der Waals surface area contributed by atoms with Crippen molar-refractivity contribution < 1.29 is 19.0 Å². The summed E-state index contributed by atoms with van der Waals surface area (Å²) < 4.78 is 16.2. The minimum Gasteiger partial charge on any atom is -0.490 e. The van der Waals surface area contributed by atoms with E-state index in [2.05, 4.69) is 18.6 Å². The largest absolute Gasteiger partial charge is 0.490 e. The van der Waals surface area contributed by atoms with Gasteiger partial charge in [0.25, 0.3) is 0 Å².